The molecule has 1 saturated heterocycles. The molecule has 0 aromatic heterocycles. The summed E-state index contributed by atoms with van der Waals surface area (Å²) in [5.41, 5.74) is 5.16. The first-order valence-corrected chi connectivity index (χ1v) is 10.7. The minimum atomic E-state index is -0.245. The van der Waals surface area contributed by atoms with Gasteiger partial charge >= 0.3 is 5.97 Å². The molecule has 2 unspecified atom stereocenters. The summed E-state index contributed by atoms with van der Waals surface area (Å²) >= 11 is 0. The van der Waals surface area contributed by atoms with Crippen molar-refractivity contribution < 1.29 is 14.3 Å². The van der Waals surface area contributed by atoms with Crippen LogP contribution in [0.25, 0.3) is 0 Å². The molecule has 0 radical (unpaired) electrons. The fraction of sp³-hybridized carbons (Fsp3) is 0.423. The molecule has 4 nitrogen and oxygen atoms in total. The molecule has 0 saturated carbocycles. The van der Waals surface area contributed by atoms with Crippen LogP contribution in [0.2, 0.25) is 0 Å². The smallest absolute Gasteiger partial charge is 0.343 e. The number of allylic oxidation sites excluding steroid dienone is 1. The minimum Gasteiger partial charge on any atom is -0.496 e. The van der Waals surface area contributed by atoms with Gasteiger partial charge in [0.25, 0.3) is 0 Å². The van der Waals surface area contributed by atoms with Gasteiger partial charge in [0, 0.05) is 17.9 Å². The number of carbonyl (C=O) groups excluding carboxylic acids is 1. The van der Waals surface area contributed by atoms with E-state index >= 15 is 0 Å². The molecule has 2 aliphatic rings. The molecule has 0 spiro atoms. The highest BCUT2D eigenvalue weighted by Crippen LogP contribution is 2.48. The standard InChI is InChI=1S/C26H31NO3/c1-17-7-6-8-18(2)24(17)25(28)30-21-11-12-26(13-14-27(4)23(26)16-21)20-9-10-22(29-5)19(3)15-20/h6-10,15-16,23H,11-14H2,1-5H3. The van der Waals surface area contributed by atoms with E-state index in [0.717, 1.165) is 54.0 Å². The SMILES string of the molecule is COc1ccc(C23CCC(OC(=O)c4c(C)cccc4C)=CC2N(C)CC3)cc1C. The van der Waals surface area contributed by atoms with E-state index in [-0.39, 0.29) is 17.4 Å². The van der Waals surface area contributed by atoms with Crippen molar-refractivity contribution in [2.45, 2.75) is 51.5 Å². The molecule has 4 heteroatoms. The first kappa shape index (κ1) is 20.7. The number of aryl methyl sites for hydroxylation is 3. The Bertz CT molecular complexity index is 989. The minimum absolute atomic E-state index is 0.0558. The predicted octanol–water partition coefficient (Wildman–Crippen LogP) is 5.10. The van der Waals surface area contributed by atoms with Crippen LogP contribution < -0.4 is 4.74 Å². The zero-order chi connectivity index (χ0) is 21.5. The van der Waals surface area contributed by atoms with E-state index in [9.17, 15) is 4.79 Å². The van der Waals surface area contributed by atoms with Crippen molar-refractivity contribution in [1.29, 1.82) is 0 Å². The number of rotatable bonds is 4. The number of benzene rings is 2. The quantitative estimate of drug-likeness (QED) is 0.664. The fourth-order valence-corrected chi connectivity index (χ4v) is 5.29. The van der Waals surface area contributed by atoms with Gasteiger partial charge in [-0.3, -0.25) is 4.90 Å². The van der Waals surface area contributed by atoms with E-state index in [1.807, 2.05) is 32.0 Å². The fourth-order valence-electron chi connectivity index (χ4n) is 5.29. The first-order chi connectivity index (χ1) is 14.4. The number of fused-ring (bicyclic) bond motifs is 1. The molecule has 0 N–H and O–H groups in total. The number of hydrogen-bond acceptors (Lipinski definition) is 4. The number of carbonyl (C=O) groups is 1. The van der Waals surface area contributed by atoms with Crippen LogP contribution in [0.3, 0.4) is 0 Å². The zero-order valence-corrected chi connectivity index (χ0v) is 18.6. The van der Waals surface area contributed by atoms with Gasteiger partial charge in [-0.05, 0) is 81.6 Å². The predicted molar refractivity (Wildman–Crippen MR) is 119 cm³/mol. The molecule has 2 atom stereocenters. The highest BCUT2D eigenvalue weighted by Gasteiger charge is 2.48. The van der Waals surface area contributed by atoms with Gasteiger partial charge in [0.15, 0.2) is 0 Å². The summed E-state index contributed by atoms with van der Waals surface area (Å²) in [6.45, 7) is 7.05. The van der Waals surface area contributed by atoms with E-state index in [0.29, 0.717) is 5.56 Å². The number of likely N-dealkylation sites (N-methyl/N-ethyl adjacent to an activating group) is 1. The monoisotopic (exact) mass is 405 g/mol. The summed E-state index contributed by atoms with van der Waals surface area (Å²) < 4.78 is 11.4. The summed E-state index contributed by atoms with van der Waals surface area (Å²) in [5, 5.41) is 0. The zero-order valence-electron chi connectivity index (χ0n) is 18.6. The number of methoxy groups -OCH3 is 1. The molecule has 30 heavy (non-hydrogen) atoms. The van der Waals surface area contributed by atoms with Crippen LogP contribution in [0.4, 0.5) is 0 Å². The maximum atomic E-state index is 12.9. The van der Waals surface area contributed by atoms with Gasteiger partial charge in [0.05, 0.1) is 12.7 Å². The summed E-state index contributed by atoms with van der Waals surface area (Å²) in [6.07, 6.45) is 5.03. The lowest BCUT2D eigenvalue weighted by Gasteiger charge is -2.40. The van der Waals surface area contributed by atoms with Gasteiger partial charge in [-0.2, -0.15) is 0 Å². The Balaban J connectivity index is 1.63. The first-order valence-electron chi connectivity index (χ1n) is 10.7. The average Bonchev–Trinajstić information content (AvgIpc) is 3.05. The van der Waals surface area contributed by atoms with Crippen molar-refractivity contribution in [2.75, 3.05) is 20.7 Å². The molecule has 158 valence electrons. The molecule has 1 aliphatic carbocycles. The number of nitrogens with zero attached hydrogens (tertiary/aromatic N) is 1. The van der Waals surface area contributed by atoms with Gasteiger partial charge in [0.2, 0.25) is 0 Å². The highest BCUT2D eigenvalue weighted by atomic mass is 16.5. The maximum Gasteiger partial charge on any atom is 0.343 e. The number of esters is 1. The summed E-state index contributed by atoms with van der Waals surface area (Å²) in [4.78, 5) is 15.3. The van der Waals surface area contributed by atoms with Crippen LogP contribution in [0.5, 0.6) is 5.75 Å². The topological polar surface area (TPSA) is 38.8 Å². The van der Waals surface area contributed by atoms with Gasteiger partial charge in [-0.25, -0.2) is 4.79 Å². The Morgan fingerprint density at radius 2 is 1.80 bits per heavy atom. The lowest BCUT2D eigenvalue weighted by Crippen LogP contribution is -2.42. The van der Waals surface area contributed by atoms with Crippen molar-refractivity contribution in [3.8, 4) is 5.75 Å². The summed E-state index contributed by atoms with van der Waals surface area (Å²) in [6, 6.07) is 12.7. The molecule has 1 heterocycles. The summed E-state index contributed by atoms with van der Waals surface area (Å²) in [7, 11) is 3.88. The van der Waals surface area contributed by atoms with Crippen LogP contribution in [-0.4, -0.2) is 37.6 Å². The van der Waals surface area contributed by atoms with Gasteiger partial charge in [-0.1, -0.05) is 30.3 Å². The molecule has 2 aromatic rings. The molecule has 2 aromatic carbocycles. The Labute approximate surface area is 179 Å². The number of ether oxygens (including phenoxy) is 2. The van der Waals surface area contributed by atoms with Crippen LogP contribution in [0.1, 0.15) is 51.9 Å². The van der Waals surface area contributed by atoms with Gasteiger partial charge < -0.3 is 9.47 Å². The van der Waals surface area contributed by atoms with Gasteiger partial charge in [0.1, 0.15) is 11.5 Å². The Morgan fingerprint density at radius 1 is 1.07 bits per heavy atom. The molecular formula is C26H31NO3. The Hall–Kier alpha value is -2.59. The normalized spacial score (nSPS) is 23.6. The van der Waals surface area contributed by atoms with Crippen molar-refractivity contribution in [1.82, 2.24) is 4.90 Å². The van der Waals surface area contributed by atoms with Crippen LogP contribution >= 0.6 is 0 Å². The molecule has 1 aliphatic heterocycles. The van der Waals surface area contributed by atoms with Crippen molar-refractivity contribution in [3.05, 3.63) is 76.1 Å². The van der Waals surface area contributed by atoms with E-state index in [2.05, 4.69) is 43.1 Å². The van der Waals surface area contributed by atoms with Crippen molar-refractivity contribution in [3.63, 3.8) is 0 Å². The third kappa shape index (κ3) is 3.43. The third-order valence-corrected chi connectivity index (χ3v) is 6.99. The number of hydrogen-bond donors (Lipinski definition) is 0. The van der Waals surface area contributed by atoms with Crippen molar-refractivity contribution >= 4 is 5.97 Å². The van der Waals surface area contributed by atoms with Gasteiger partial charge in [-0.15, -0.1) is 0 Å². The lowest BCUT2D eigenvalue weighted by atomic mass is 9.68. The third-order valence-electron chi connectivity index (χ3n) is 6.99. The largest absolute Gasteiger partial charge is 0.496 e. The second kappa shape index (κ2) is 7.92. The van der Waals surface area contributed by atoms with Crippen LogP contribution in [0, 0.1) is 20.8 Å². The summed E-state index contributed by atoms with van der Waals surface area (Å²) in [5.74, 6) is 1.47. The van der Waals surface area contributed by atoms with Crippen LogP contribution in [-0.2, 0) is 10.2 Å². The maximum absolute atomic E-state index is 12.9. The Kier molecular flexibility index (Phi) is 5.46. The second-order valence-corrected chi connectivity index (χ2v) is 8.81. The van der Waals surface area contributed by atoms with E-state index in [1.54, 1.807) is 7.11 Å². The lowest BCUT2D eigenvalue weighted by molar-refractivity contribution is 0.0591. The van der Waals surface area contributed by atoms with E-state index in [4.69, 9.17) is 9.47 Å². The average molecular weight is 406 g/mol. The second-order valence-electron chi connectivity index (χ2n) is 8.81. The molecule has 4 rings (SSSR count). The Morgan fingerprint density at radius 3 is 2.47 bits per heavy atom. The van der Waals surface area contributed by atoms with Crippen molar-refractivity contribution in [2.24, 2.45) is 0 Å². The highest BCUT2D eigenvalue weighted by molar-refractivity contribution is 5.93. The van der Waals surface area contributed by atoms with E-state index < -0.39 is 0 Å². The number of likely N-dealkylation sites (tertiary alicyclic amines) is 1. The molecule has 0 bridgehead atoms. The molecular weight excluding hydrogens is 374 g/mol. The van der Waals surface area contributed by atoms with E-state index in [1.165, 1.54) is 5.56 Å². The molecule has 0 amide bonds. The van der Waals surface area contributed by atoms with Crippen LogP contribution in [0.15, 0.2) is 48.2 Å². The molecule has 1 fully saturated rings.